The molecule has 1 aromatic carbocycles. The summed E-state index contributed by atoms with van der Waals surface area (Å²) in [4.78, 5) is 2.12. The molecule has 1 aromatic rings. The lowest BCUT2D eigenvalue weighted by atomic mass is 10.1. The first-order valence-electron chi connectivity index (χ1n) is 6.18. The summed E-state index contributed by atoms with van der Waals surface area (Å²) < 4.78 is 10.9. The van der Waals surface area contributed by atoms with E-state index >= 15 is 0 Å². The number of rotatable bonds is 7. The van der Waals surface area contributed by atoms with Gasteiger partial charge >= 0.3 is 0 Å². The molecule has 0 saturated heterocycles. The number of aliphatic hydroxyl groups excluding tert-OH is 1. The van der Waals surface area contributed by atoms with E-state index in [0.717, 1.165) is 24.3 Å². The Hall–Kier alpha value is -1.26. The first-order chi connectivity index (χ1) is 8.54. The van der Waals surface area contributed by atoms with E-state index in [-0.39, 0.29) is 0 Å². The van der Waals surface area contributed by atoms with E-state index in [4.69, 9.17) is 9.47 Å². The smallest absolute Gasteiger partial charge is 0.128 e. The second-order valence-corrected chi connectivity index (χ2v) is 4.59. The summed E-state index contributed by atoms with van der Waals surface area (Å²) in [5.41, 5.74) is 0.792. The van der Waals surface area contributed by atoms with Gasteiger partial charge in [0.15, 0.2) is 0 Å². The molecule has 102 valence electrons. The third-order valence-electron chi connectivity index (χ3n) is 2.68. The Labute approximate surface area is 109 Å². The highest BCUT2D eigenvalue weighted by atomic mass is 16.5. The molecule has 1 N–H and O–H groups in total. The minimum Gasteiger partial charge on any atom is -0.497 e. The maximum Gasteiger partial charge on any atom is 0.128 e. The van der Waals surface area contributed by atoms with Gasteiger partial charge in [-0.1, -0.05) is 0 Å². The lowest BCUT2D eigenvalue weighted by Gasteiger charge is -2.15. The molecule has 0 aromatic heterocycles. The normalized spacial score (nSPS) is 12.6. The average molecular weight is 253 g/mol. The predicted octanol–water partition coefficient (Wildman–Crippen LogP) is 2.08. The second kappa shape index (κ2) is 7.24. The zero-order valence-electron chi connectivity index (χ0n) is 11.6. The lowest BCUT2D eigenvalue weighted by molar-refractivity contribution is 0.189. The Morgan fingerprint density at radius 2 is 2.06 bits per heavy atom. The maximum atomic E-state index is 9.68. The van der Waals surface area contributed by atoms with Gasteiger partial charge in [0.2, 0.25) is 0 Å². The molecule has 0 aliphatic rings. The van der Waals surface area contributed by atoms with E-state index < -0.39 is 6.10 Å². The fourth-order valence-corrected chi connectivity index (χ4v) is 1.67. The molecule has 0 radical (unpaired) electrons. The van der Waals surface area contributed by atoms with Crippen LogP contribution in [-0.4, -0.2) is 44.4 Å². The summed E-state index contributed by atoms with van der Waals surface area (Å²) in [6.07, 6.45) is 0.406. The first-order valence-corrected chi connectivity index (χ1v) is 6.18. The Kier molecular flexibility index (Phi) is 5.95. The van der Waals surface area contributed by atoms with Crippen molar-refractivity contribution in [3.63, 3.8) is 0 Å². The third-order valence-corrected chi connectivity index (χ3v) is 2.68. The molecule has 4 heteroatoms. The number of nitrogens with zero attached hydrogens (tertiary/aromatic N) is 1. The van der Waals surface area contributed by atoms with Crippen molar-refractivity contribution in [3.05, 3.63) is 23.8 Å². The Balaban J connectivity index is 2.66. The van der Waals surface area contributed by atoms with Crippen molar-refractivity contribution in [1.29, 1.82) is 0 Å². The molecule has 0 fully saturated rings. The van der Waals surface area contributed by atoms with E-state index in [1.54, 1.807) is 14.0 Å². The maximum absolute atomic E-state index is 9.68. The highest BCUT2D eigenvalue weighted by Crippen LogP contribution is 2.29. The van der Waals surface area contributed by atoms with Crippen LogP contribution < -0.4 is 9.47 Å². The van der Waals surface area contributed by atoms with Gasteiger partial charge in [-0.15, -0.1) is 0 Å². The summed E-state index contributed by atoms with van der Waals surface area (Å²) >= 11 is 0. The fourth-order valence-electron chi connectivity index (χ4n) is 1.67. The van der Waals surface area contributed by atoms with Crippen molar-refractivity contribution < 1.29 is 14.6 Å². The van der Waals surface area contributed by atoms with Crippen molar-refractivity contribution in [2.24, 2.45) is 0 Å². The molecule has 0 heterocycles. The van der Waals surface area contributed by atoms with Gasteiger partial charge in [-0.3, -0.25) is 0 Å². The number of aliphatic hydroxyl groups is 1. The van der Waals surface area contributed by atoms with Crippen LogP contribution in [0.15, 0.2) is 18.2 Å². The molecule has 0 bridgehead atoms. The quantitative estimate of drug-likeness (QED) is 0.755. The zero-order chi connectivity index (χ0) is 13.5. The standard InChI is InChI=1S/C14H23NO3/c1-11(16)13-7-6-12(17-4)10-14(13)18-9-5-8-15(2)3/h6-7,10-11,16H,5,8-9H2,1-4H3/t11-/m0/s1. The highest BCUT2D eigenvalue weighted by Gasteiger charge is 2.10. The molecular formula is C14H23NO3. The molecule has 0 aliphatic carbocycles. The van der Waals surface area contributed by atoms with Crippen molar-refractivity contribution in [3.8, 4) is 11.5 Å². The Bertz CT molecular complexity index is 364. The summed E-state index contributed by atoms with van der Waals surface area (Å²) in [5.74, 6) is 1.44. The van der Waals surface area contributed by atoms with E-state index in [9.17, 15) is 5.11 Å². The Morgan fingerprint density at radius 3 is 2.61 bits per heavy atom. The molecular weight excluding hydrogens is 230 g/mol. The van der Waals surface area contributed by atoms with Crippen LogP contribution in [0.2, 0.25) is 0 Å². The number of hydrogen-bond donors (Lipinski definition) is 1. The summed E-state index contributed by atoms with van der Waals surface area (Å²) in [5, 5.41) is 9.68. The summed E-state index contributed by atoms with van der Waals surface area (Å²) in [6, 6.07) is 5.48. The van der Waals surface area contributed by atoms with Crippen molar-refractivity contribution in [1.82, 2.24) is 4.90 Å². The molecule has 1 rings (SSSR count). The second-order valence-electron chi connectivity index (χ2n) is 4.59. The third kappa shape index (κ3) is 4.55. The SMILES string of the molecule is COc1ccc([C@H](C)O)c(OCCCN(C)C)c1. The number of benzene rings is 1. The van der Waals surface area contributed by atoms with Gasteiger partial charge < -0.3 is 19.5 Å². The van der Waals surface area contributed by atoms with Crippen molar-refractivity contribution >= 4 is 0 Å². The van der Waals surface area contributed by atoms with Gasteiger partial charge in [0.25, 0.3) is 0 Å². The van der Waals surface area contributed by atoms with Crippen LogP contribution >= 0.6 is 0 Å². The van der Waals surface area contributed by atoms with Gasteiger partial charge in [0.1, 0.15) is 11.5 Å². The molecule has 0 aliphatic heterocycles. The van der Waals surface area contributed by atoms with E-state index in [0.29, 0.717) is 12.4 Å². The van der Waals surface area contributed by atoms with Crippen LogP contribution in [0, 0.1) is 0 Å². The number of hydrogen-bond acceptors (Lipinski definition) is 4. The molecule has 0 unspecified atom stereocenters. The molecule has 4 nitrogen and oxygen atoms in total. The van der Waals surface area contributed by atoms with E-state index in [1.165, 1.54) is 0 Å². The predicted molar refractivity (Wildman–Crippen MR) is 72.3 cm³/mol. The van der Waals surface area contributed by atoms with Crippen molar-refractivity contribution in [2.45, 2.75) is 19.4 Å². The highest BCUT2D eigenvalue weighted by molar-refractivity contribution is 5.41. The monoisotopic (exact) mass is 253 g/mol. The zero-order valence-corrected chi connectivity index (χ0v) is 11.6. The molecule has 0 amide bonds. The average Bonchev–Trinajstić information content (AvgIpc) is 2.33. The topological polar surface area (TPSA) is 41.9 Å². The summed E-state index contributed by atoms with van der Waals surface area (Å²) in [6.45, 7) is 3.34. The van der Waals surface area contributed by atoms with Crippen LogP contribution in [0.3, 0.4) is 0 Å². The van der Waals surface area contributed by atoms with Crippen LogP contribution in [0.5, 0.6) is 11.5 Å². The van der Waals surface area contributed by atoms with Crippen LogP contribution in [-0.2, 0) is 0 Å². The van der Waals surface area contributed by atoms with Crippen LogP contribution in [0.4, 0.5) is 0 Å². The van der Waals surface area contributed by atoms with Crippen LogP contribution in [0.1, 0.15) is 25.0 Å². The molecule has 0 saturated carbocycles. The summed E-state index contributed by atoms with van der Waals surface area (Å²) in [7, 11) is 5.69. The minimum absolute atomic E-state index is 0.542. The molecule has 1 atom stereocenters. The fraction of sp³-hybridized carbons (Fsp3) is 0.571. The largest absolute Gasteiger partial charge is 0.497 e. The van der Waals surface area contributed by atoms with Gasteiger partial charge in [-0.25, -0.2) is 0 Å². The van der Waals surface area contributed by atoms with Gasteiger partial charge in [0, 0.05) is 18.2 Å². The molecule has 0 spiro atoms. The van der Waals surface area contributed by atoms with Gasteiger partial charge in [0.05, 0.1) is 19.8 Å². The lowest BCUT2D eigenvalue weighted by Crippen LogP contribution is -2.15. The van der Waals surface area contributed by atoms with Crippen LogP contribution in [0.25, 0.3) is 0 Å². The van der Waals surface area contributed by atoms with Gasteiger partial charge in [-0.2, -0.15) is 0 Å². The van der Waals surface area contributed by atoms with Crippen molar-refractivity contribution in [2.75, 3.05) is 34.4 Å². The van der Waals surface area contributed by atoms with E-state index in [2.05, 4.69) is 4.90 Å². The molecule has 18 heavy (non-hydrogen) atoms. The number of ether oxygens (including phenoxy) is 2. The van der Waals surface area contributed by atoms with E-state index in [1.807, 2.05) is 32.3 Å². The minimum atomic E-state index is -0.542. The first kappa shape index (κ1) is 14.8. The number of methoxy groups -OCH3 is 1. The van der Waals surface area contributed by atoms with Gasteiger partial charge in [-0.05, 0) is 39.6 Å². The Morgan fingerprint density at radius 1 is 1.33 bits per heavy atom.